The molecule has 4 aromatic carbocycles. The summed E-state index contributed by atoms with van der Waals surface area (Å²) < 4.78 is 0. The maximum atomic E-state index is 12.6. The minimum absolute atomic E-state index is 0.251. The Morgan fingerprint density at radius 1 is 0.867 bits per heavy atom. The quantitative estimate of drug-likeness (QED) is 0.350. The average Bonchev–Trinajstić information content (AvgIpc) is 2.75. The molecule has 0 heterocycles. The van der Waals surface area contributed by atoms with Gasteiger partial charge in [-0.2, -0.15) is 0 Å². The molecule has 4 aromatic rings. The summed E-state index contributed by atoms with van der Waals surface area (Å²) in [6, 6.07) is 17.5. The molecule has 7 heteroatoms. The molecule has 0 radical (unpaired) electrons. The first-order chi connectivity index (χ1) is 14.5. The second-order valence-electron chi connectivity index (χ2n) is 7.29. The third-order valence-electron chi connectivity index (χ3n) is 5.31. The summed E-state index contributed by atoms with van der Waals surface area (Å²) in [6.07, 6.45) is -0.296. The van der Waals surface area contributed by atoms with Crippen molar-refractivity contribution < 1.29 is 14.4 Å². The molecule has 0 fully saturated rings. The maximum Gasteiger partial charge on any atom is 0.243 e. The molecule has 0 aromatic heterocycles. The van der Waals surface area contributed by atoms with Crippen LogP contribution in [-0.4, -0.2) is 30.3 Å². The van der Waals surface area contributed by atoms with Crippen molar-refractivity contribution in [1.82, 2.24) is 10.6 Å². The van der Waals surface area contributed by atoms with Gasteiger partial charge in [-0.25, -0.2) is 0 Å². The predicted octanol–water partition coefficient (Wildman–Crippen LogP) is 1.52. The van der Waals surface area contributed by atoms with E-state index in [4.69, 9.17) is 11.5 Å². The highest BCUT2D eigenvalue weighted by atomic mass is 16.2. The van der Waals surface area contributed by atoms with E-state index in [1.807, 2.05) is 18.2 Å². The zero-order chi connectivity index (χ0) is 21.3. The number of rotatable bonds is 7. The number of hydrogen-bond donors (Lipinski definition) is 4. The van der Waals surface area contributed by atoms with Gasteiger partial charge in [0.1, 0.15) is 6.04 Å². The Morgan fingerprint density at radius 2 is 1.50 bits per heavy atom. The first-order valence-electron chi connectivity index (χ1n) is 9.69. The third kappa shape index (κ3) is 3.62. The van der Waals surface area contributed by atoms with E-state index in [1.165, 1.54) is 5.39 Å². The summed E-state index contributed by atoms with van der Waals surface area (Å²) in [7, 11) is 0. The standard InChI is InChI=1S/C23H22N4O3/c24-11-20(29)27-18(10-19(25)28)23(30)26-12-16-7-6-15-5-4-13-2-1-3-14-8-9-17(16)22(15)21(13)14/h1-9,18H,10-12,24H2,(H2,25,28)(H,26,30)(H,27,29)/t18-/m0/s1. The molecule has 3 amide bonds. The van der Waals surface area contributed by atoms with Crippen molar-refractivity contribution >= 4 is 50.0 Å². The van der Waals surface area contributed by atoms with E-state index in [0.29, 0.717) is 0 Å². The molecule has 0 aliphatic heterocycles. The van der Waals surface area contributed by atoms with Crippen LogP contribution in [0.2, 0.25) is 0 Å². The second kappa shape index (κ2) is 7.96. The Morgan fingerprint density at radius 3 is 2.17 bits per heavy atom. The average molecular weight is 402 g/mol. The van der Waals surface area contributed by atoms with Crippen LogP contribution >= 0.6 is 0 Å². The van der Waals surface area contributed by atoms with Gasteiger partial charge in [-0.05, 0) is 37.9 Å². The highest BCUT2D eigenvalue weighted by Crippen LogP contribution is 2.35. The Kier molecular flexibility index (Phi) is 5.20. The summed E-state index contributed by atoms with van der Waals surface area (Å²) in [5.74, 6) is -1.70. The van der Waals surface area contributed by atoms with Gasteiger partial charge >= 0.3 is 0 Å². The summed E-state index contributed by atoms with van der Waals surface area (Å²) >= 11 is 0. The summed E-state index contributed by atoms with van der Waals surface area (Å²) in [6.45, 7) is -0.0294. The predicted molar refractivity (Wildman–Crippen MR) is 117 cm³/mol. The number of carbonyl (C=O) groups is 3. The molecular formula is C23H22N4O3. The number of primary amides is 1. The van der Waals surface area contributed by atoms with Crippen LogP contribution in [0.3, 0.4) is 0 Å². The van der Waals surface area contributed by atoms with E-state index in [9.17, 15) is 14.4 Å². The molecule has 0 aliphatic rings. The highest BCUT2D eigenvalue weighted by Gasteiger charge is 2.22. The number of hydrogen-bond acceptors (Lipinski definition) is 4. The van der Waals surface area contributed by atoms with E-state index in [1.54, 1.807) is 0 Å². The molecule has 6 N–H and O–H groups in total. The lowest BCUT2D eigenvalue weighted by atomic mass is 9.92. The fraction of sp³-hybridized carbons (Fsp3) is 0.174. The number of benzene rings is 4. The van der Waals surface area contributed by atoms with Crippen molar-refractivity contribution in [3.8, 4) is 0 Å². The van der Waals surface area contributed by atoms with Crippen LogP contribution in [0, 0.1) is 0 Å². The zero-order valence-corrected chi connectivity index (χ0v) is 16.3. The number of carbonyl (C=O) groups excluding carboxylic acids is 3. The smallest absolute Gasteiger partial charge is 0.243 e. The van der Waals surface area contributed by atoms with Crippen LogP contribution in [0.5, 0.6) is 0 Å². The van der Waals surface area contributed by atoms with Crippen LogP contribution in [-0.2, 0) is 20.9 Å². The molecule has 0 bridgehead atoms. The van der Waals surface area contributed by atoms with Gasteiger partial charge < -0.3 is 22.1 Å². The van der Waals surface area contributed by atoms with Gasteiger partial charge in [0.05, 0.1) is 13.0 Å². The molecule has 4 rings (SSSR count). The fourth-order valence-electron chi connectivity index (χ4n) is 3.92. The second-order valence-corrected chi connectivity index (χ2v) is 7.29. The summed E-state index contributed by atoms with van der Waals surface area (Å²) in [5, 5.41) is 12.1. The minimum atomic E-state index is -1.06. The van der Waals surface area contributed by atoms with Crippen LogP contribution in [0.4, 0.5) is 0 Å². The first-order valence-corrected chi connectivity index (χ1v) is 9.69. The number of nitrogens with two attached hydrogens (primary N) is 2. The molecule has 0 spiro atoms. The van der Waals surface area contributed by atoms with Crippen molar-refractivity contribution in [2.24, 2.45) is 11.5 Å². The number of amides is 3. The van der Waals surface area contributed by atoms with Crippen LogP contribution < -0.4 is 22.1 Å². The molecule has 0 saturated carbocycles. The Labute approximate surface area is 172 Å². The largest absolute Gasteiger partial charge is 0.370 e. The number of nitrogens with one attached hydrogen (secondary N) is 2. The monoisotopic (exact) mass is 402 g/mol. The molecule has 152 valence electrons. The topological polar surface area (TPSA) is 127 Å². The van der Waals surface area contributed by atoms with E-state index < -0.39 is 23.8 Å². The zero-order valence-electron chi connectivity index (χ0n) is 16.3. The van der Waals surface area contributed by atoms with E-state index in [-0.39, 0.29) is 19.5 Å². The Balaban J connectivity index is 1.64. The van der Waals surface area contributed by atoms with Gasteiger partial charge in [0.2, 0.25) is 17.7 Å². The summed E-state index contributed by atoms with van der Waals surface area (Å²) in [5.41, 5.74) is 11.4. The molecule has 1 atom stereocenters. The Hall–Kier alpha value is -3.71. The highest BCUT2D eigenvalue weighted by molar-refractivity contribution is 6.23. The first kappa shape index (κ1) is 19.6. The molecule has 0 aliphatic carbocycles. The van der Waals surface area contributed by atoms with Crippen molar-refractivity contribution in [3.63, 3.8) is 0 Å². The van der Waals surface area contributed by atoms with E-state index >= 15 is 0 Å². The molecule has 7 nitrogen and oxygen atoms in total. The van der Waals surface area contributed by atoms with Crippen molar-refractivity contribution in [1.29, 1.82) is 0 Å². The third-order valence-corrected chi connectivity index (χ3v) is 5.31. The lowest BCUT2D eigenvalue weighted by Gasteiger charge is -2.18. The van der Waals surface area contributed by atoms with Gasteiger partial charge in [0.25, 0.3) is 0 Å². The normalized spacial score (nSPS) is 12.3. The van der Waals surface area contributed by atoms with Gasteiger partial charge in [-0.3, -0.25) is 14.4 Å². The van der Waals surface area contributed by atoms with Gasteiger partial charge in [0.15, 0.2) is 0 Å². The molecule has 30 heavy (non-hydrogen) atoms. The Bertz CT molecular complexity index is 1250. The van der Waals surface area contributed by atoms with Crippen molar-refractivity contribution in [2.75, 3.05) is 6.54 Å². The fourth-order valence-corrected chi connectivity index (χ4v) is 3.92. The van der Waals surface area contributed by atoms with E-state index in [0.717, 1.165) is 32.5 Å². The SMILES string of the molecule is NCC(=O)N[C@@H](CC(N)=O)C(=O)NCc1ccc2ccc3cccc4ccc1c2c34. The molecule has 0 saturated heterocycles. The summed E-state index contributed by atoms with van der Waals surface area (Å²) in [4.78, 5) is 35.5. The minimum Gasteiger partial charge on any atom is -0.370 e. The lowest BCUT2D eigenvalue weighted by Crippen LogP contribution is -2.49. The van der Waals surface area contributed by atoms with E-state index in [2.05, 4.69) is 47.0 Å². The lowest BCUT2D eigenvalue weighted by molar-refractivity contribution is -0.130. The van der Waals surface area contributed by atoms with Crippen LogP contribution in [0.1, 0.15) is 12.0 Å². The molecule has 0 unspecified atom stereocenters. The molecular weight excluding hydrogens is 380 g/mol. The van der Waals surface area contributed by atoms with Gasteiger partial charge in [-0.1, -0.05) is 54.6 Å². The van der Waals surface area contributed by atoms with Crippen molar-refractivity contribution in [2.45, 2.75) is 19.0 Å². The van der Waals surface area contributed by atoms with Crippen molar-refractivity contribution in [3.05, 3.63) is 60.2 Å². The van der Waals surface area contributed by atoms with Crippen LogP contribution in [0.25, 0.3) is 32.3 Å². The van der Waals surface area contributed by atoms with Gasteiger partial charge in [0, 0.05) is 6.54 Å². The maximum absolute atomic E-state index is 12.6. The van der Waals surface area contributed by atoms with Gasteiger partial charge in [-0.15, -0.1) is 0 Å². The van der Waals surface area contributed by atoms with Crippen LogP contribution in [0.15, 0.2) is 54.6 Å².